The highest BCUT2D eigenvalue weighted by molar-refractivity contribution is 6.33. The molecule has 164 valence electrons. The molecular formula is C24H33ClN2O3. The number of hydrogen-bond donors (Lipinski definition) is 1. The van der Waals surface area contributed by atoms with E-state index in [-0.39, 0.29) is 5.76 Å². The van der Waals surface area contributed by atoms with E-state index < -0.39 is 0 Å². The first-order valence-electron chi connectivity index (χ1n) is 10.3. The predicted molar refractivity (Wildman–Crippen MR) is 126 cm³/mol. The van der Waals surface area contributed by atoms with Crippen LogP contribution in [0.2, 0.25) is 5.02 Å². The predicted octanol–water partition coefficient (Wildman–Crippen LogP) is 5.79. The molecule has 2 aliphatic heterocycles. The van der Waals surface area contributed by atoms with Crippen molar-refractivity contribution in [1.29, 1.82) is 0 Å². The lowest BCUT2D eigenvalue weighted by atomic mass is 9.98. The Hall–Kier alpha value is -2.37. The molecule has 30 heavy (non-hydrogen) atoms. The first kappa shape index (κ1) is 23.9. The Bertz CT molecular complexity index is 845. The first-order chi connectivity index (χ1) is 14.3. The van der Waals surface area contributed by atoms with Crippen molar-refractivity contribution in [3.05, 3.63) is 65.1 Å². The SMILES string of the molecule is C=C(O)C1=CN2CCOc3cc(N(C)CCCOC)c(Cl)cc3C2=CC1=C.CCC. The van der Waals surface area contributed by atoms with Crippen molar-refractivity contribution >= 4 is 23.0 Å². The number of methoxy groups -OCH3 is 1. The van der Waals surface area contributed by atoms with Gasteiger partial charge in [0.2, 0.25) is 0 Å². The van der Waals surface area contributed by atoms with Crippen molar-refractivity contribution in [3.63, 3.8) is 0 Å². The molecule has 0 radical (unpaired) electrons. The van der Waals surface area contributed by atoms with E-state index in [0.29, 0.717) is 35.9 Å². The van der Waals surface area contributed by atoms with Crippen molar-refractivity contribution in [2.75, 3.05) is 45.4 Å². The molecular weight excluding hydrogens is 400 g/mol. The second-order valence-corrected chi connectivity index (χ2v) is 7.77. The molecule has 2 heterocycles. The zero-order valence-corrected chi connectivity index (χ0v) is 19.3. The molecule has 1 aromatic carbocycles. The number of nitrogens with zero attached hydrogens (tertiary/aromatic N) is 2. The minimum atomic E-state index is 0.00625. The number of anilines is 1. The van der Waals surface area contributed by atoms with Gasteiger partial charge in [0.25, 0.3) is 0 Å². The fraction of sp³-hybridized carbons (Fsp3) is 0.417. The van der Waals surface area contributed by atoms with Crippen LogP contribution in [0.4, 0.5) is 5.69 Å². The van der Waals surface area contributed by atoms with Gasteiger partial charge < -0.3 is 24.4 Å². The number of aliphatic hydroxyl groups excluding tert-OH is 1. The third-order valence-corrected chi connectivity index (χ3v) is 5.03. The fourth-order valence-electron chi connectivity index (χ4n) is 3.29. The lowest BCUT2D eigenvalue weighted by Crippen LogP contribution is -2.22. The summed E-state index contributed by atoms with van der Waals surface area (Å²) in [6.45, 7) is 14.6. The highest BCUT2D eigenvalue weighted by atomic mass is 35.5. The van der Waals surface area contributed by atoms with Crippen molar-refractivity contribution in [3.8, 4) is 5.75 Å². The van der Waals surface area contributed by atoms with Crippen LogP contribution in [0, 0.1) is 0 Å². The summed E-state index contributed by atoms with van der Waals surface area (Å²) >= 11 is 6.60. The lowest BCUT2D eigenvalue weighted by Gasteiger charge is -2.28. The van der Waals surface area contributed by atoms with Crippen molar-refractivity contribution in [1.82, 2.24) is 4.90 Å². The molecule has 5 nitrogen and oxygen atoms in total. The molecule has 0 saturated carbocycles. The molecule has 6 heteroatoms. The number of benzene rings is 1. The van der Waals surface area contributed by atoms with Crippen LogP contribution in [-0.4, -0.2) is 50.5 Å². The maximum absolute atomic E-state index is 9.79. The summed E-state index contributed by atoms with van der Waals surface area (Å²) in [6.07, 6.45) is 5.96. The number of fused-ring (bicyclic) bond motifs is 3. The number of ether oxygens (including phenoxy) is 2. The number of halogens is 1. The van der Waals surface area contributed by atoms with Crippen LogP contribution in [0.25, 0.3) is 5.70 Å². The second kappa shape index (κ2) is 11.1. The van der Waals surface area contributed by atoms with Crippen LogP contribution in [-0.2, 0) is 4.74 Å². The number of allylic oxidation sites excluding steroid dienone is 2. The smallest absolute Gasteiger partial charge is 0.130 e. The van der Waals surface area contributed by atoms with E-state index in [1.54, 1.807) is 7.11 Å². The van der Waals surface area contributed by atoms with E-state index in [1.165, 1.54) is 6.42 Å². The molecule has 0 saturated heterocycles. The van der Waals surface area contributed by atoms with Crippen LogP contribution in [0.5, 0.6) is 5.75 Å². The standard InChI is InChI=1S/C21H25ClN2O3.C3H8/c1-14-10-19-16-11-18(22)20(23(3)6-5-8-26-4)12-21(16)27-9-7-24(19)13-17(14)15(2)25;1-3-2/h10-13,25H,1-2,5-9H2,3-4H3;3H2,1-2H3. The zero-order chi connectivity index (χ0) is 22.3. The maximum Gasteiger partial charge on any atom is 0.130 e. The molecule has 0 spiro atoms. The number of rotatable bonds is 6. The van der Waals surface area contributed by atoms with Gasteiger partial charge in [-0.05, 0) is 24.1 Å². The van der Waals surface area contributed by atoms with Gasteiger partial charge in [-0.1, -0.05) is 45.0 Å². The molecule has 0 bridgehead atoms. The highest BCUT2D eigenvalue weighted by Crippen LogP contribution is 2.41. The van der Waals surface area contributed by atoms with Crippen LogP contribution < -0.4 is 9.64 Å². The average molecular weight is 433 g/mol. The Labute approximate surface area is 185 Å². The van der Waals surface area contributed by atoms with Crippen LogP contribution in [0.1, 0.15) is 32.3 Å². The summed E-state index contributed by atoms with van der Waals surface area (Å²) in [5.41, 5.74) is 4.12. The van der Waals surface area contributed by atoms with Crippen LogP contribution >= 0.6 is 11.6 Å². The molecule has 2 aliphatic rings. The third-order valence-electron chi connectivity index (χ3n) is 4.73. The summed E-state index contributed by atoms with van der Waals surface area (Å²) in [7, 11) is 3.71. The van der Waals surface area contributed by atoms with Crippen molar-refractivity contribution in [2.45, 2.75) is 26.7 Å². The average Bonchev–Trinajstić information content (AvgIpc) is 2.86. The van der Waals surface area contributed by atoms with E-state index in [1.807, 2.05) is 36.4 Å². The largest absolute Gasteiger partial charge is 0.508 e. The third kappa shape index (κ3) is 5.61. The Kier molecular flexibility index (Phi) is 8.88. The van der Waals surface area contributed by atoms with Crippen LogP contribution in [0.15, 0.2) is 54.5 Å². The highest BCUT2D eigenvalue weighted by Gasteiger charge is 2.26. The summed E-state index contributed by atoms with van der Waals surface area (Å²) in [6, 6.07) is 3.92. The normalized spacial score (nSPS) is 14.8. The minimum Gasteiger partial charge on any atom is -0.508 e. The van der Waals surface area contributed by atoms with Gasteiger partial charge in [0.05, 0.1) is 23.0 Å². The summed E-state index contributed by atoms with van der Waals surface area (Å²) < 4.78 is 11.1. The Balaban J connectivity index is 0.00000101. The monoisotopic (exact) mass is 432 g/mol. The quantitative estimate of drug-likeness (QED) is 0.455. The molecule has 0 amide bonds. The van der Waals surface area contributed by atoms with Gasteiger partial charge in [0.1, 0.15) is 18.1 Å². The molecule has 0 unspecified atom stereocenters. The topological polar surface area (TPSA) is 45.2 Å². The fourth-order valence-corrected chi connectivity index (χ4v) is 3.59. The first-order valence-corrected chi connectivity index (χ1v) is 10.7. The number of hydrogen-bond acceptors (Lipinski definition) is 5. The second-order valence-electron chi connectivity index (χ2n) is 7.36. The van der Waals surface area contributed by atoms with Crippen LogP contribution in [0.3, 0.4) is 0 Å². The Morgan fingerprint density at radius 3 is 2.70 bits per heavy atom. The summed E-state index contributed by atoms with van der Waals surface area (Å²) in [5.74, 6) is 0.793. The molecule has 0 aromatic heterocycles. The van der Waals surface area contributed by atoms with Gasteiger partial charge in [0.15, 0.2) is 0 Å². The van der Waals surface area contributed by atoms with E-state index in [2.05, 4.69) is 31.9 Å². The van der Waals surface area contributed by atoms with Crippen molar-refractivity contribution < 1.29 is 14.6 Å². The zero-order valence-electron chi connectivity index (χ0n) is 18.5. The van der Waals surface area contributed by atoms with E-state index in [9.17, 15) is 5.11 Å². The lowest BCUT2D eigenvalue weighted by molar-refractivity contribution is 0.196. The summed E-state index contributed by atoms with van der Waals surface area (Å²) in [5, 5.41) is 10.4. The van der Waals surface area contributed by atoms with E-state index in [4.69, 9.17) is 21.1 Å². The minimum absolute atomic E-state index is 0.00625. The molecule has 0 fully saturated rings. The molecule has 1 aromatic rings. The van der Waals surface area contributed by atoms with Gasteiger partial charge in [-0.2, -0.15) is 0 Å². The molecule has 0 aliphatic carbocycles. The molecule has 0 atom stereocenters. The van der Waals surface area contributed by atoms with Gasteiger partial charge in [-0.25, -0.2) is 0 Å². The van der Waals surface area contributed by atoms with Gasteiger partial charge in [-0.3, -0.25) is 0 Å². The number of aliphatic hydroxyl groups is 1. The van der Waals surface area contributed by atoms with Crippen molar-refractivity contribution in [2.24, 2.45) is 0 Å². The Morgan fingerprint density at radius 1 is 1.37 bits per heavy atom. The van der Waals surface area contributed by atoms with E-state index in [0.717, 1.165) is 35.7 Å². The Morgan fingerprint density at radius 2 is 2.07 bits per heavy atom. The van der Waals surface area contributed by atoms with Gasteiger partial charge in [-0.15, -0.1) is 0 Å². The summed E-state index contributed by atoms with van der Waals surface area (Å²) in [4.78, 5) is 4.14. The van der Waals surface area contributed by atoms with Gasteiger partial charge >= 0.3 is 0 Å². The van der Waals surface area contributed by atoms with Gasteiger partial charge in [0, 0.05) is 50.7 Å². The molecule has 1 N–H and O–H groups in total. The maximum atomic E-state index is 9.79. The van der Waals surface area contributed by atoms with E-state index >= 15 is 0 Å². The molecule has 3 rings (SSSR count).